The number of aryl methyl sites for hydroxylation is 2. The maximum Gasteiger partial charge on any atom is 0.405 e. The molecule has 4 aromatic carbocycles. The predicted molar refractivity (Wildman–Crippen MR) is 153 cm³/mol. The molecule has 0 spiro atoms. The van der Waals surface area contributed by atoms with Crippen LogP contribution in [0.3, 0.4) is 0 Å². The Morgan fingerprint density at radius 1 is 0.821 bits per heavy atom. The van der Waals surface area contributed by atoms with Crippen LogP contribution in [0.5, 0.6) is 0 Å². The van der Waals surface area contributed by atoms with E-state index < -0.39 is 12.1 Å². The van der Waals surface area contributed by atoms with E-state index in [0.717, 1.165) is 45.0 Å². The molecular formula is C32H29N5O2. The van der Waals surface area contributed by atoms with Gasteiger partial charge >= 0.3 is 6.09 Å². The highest BCUT2D eigenvalue weighted by Gasteiger charge is 2.25. The summed E-state index contributed by atoms with van der Waals surface area (Å²) in [6.45, 7) is 0.541. The van der Waals surface area contributed by atoms with E-state index in [9.17, 15) is 9.90 Å². The molecule has 0 aliphatic heterocycles. The Hall–Kier alpha value is -4.91. The smallest absolute Gasteiger partial charge is 0.405 e. The van der Waals surface area contributed by atoms with Gasteiger partial charge in [0.2, 0.25) is 0 Å². The summed E-state index contributed by atoms with van der Waals surface area (Å²) in [6, 6.07) is 32.4. The van der Waals surface area contributed by atoms with Crippen LogP contribution < -0.4 is 5.32 Å². The third-order valence-corrected chi connectivity index (χ3v) is 7.25. The largest absolute Gasteiger partial charge is 0.465 e. The number of fused-ring (bicyclic) bond motifs is 2. The molecule has 7 nitrogen and oxygen atoms in total. The molecule has 7 heteroatoms. The van der Waals surface area contributed by atoms with Crippen molar-refractivity contribution in [3.05, 3.63) is 132 Å². The first-order chi connectivity index (χ1) is 19.2. The molecule has 2 heterocycles. The van der Waals surface area contributed by atoms with E-state index in [4.69, 9.17) is 0 Å². The molecule has 2 aromatic heterocycles. The third-order valence-electron chi connectivity index (χ3n) is 7.25. The Balaban J connectivity index is 1.41. The summed E-state index contributed by atoms with van der Waals surface area (Å²) < 4.78 is 2.10. The van der Waals surface area contributed by atoms with Gasteiger partial charge < -0.3 is 20.0 Å². The molecule has 6 rings (SSSR count). The number of hydrogen-bond acceptors (Lipinski definition) is 3. The van der Waals surface area contributed by atoms with Gasteiger partial charge in [0.05, 0.1) is 12.6 Å². The van der Waals surface area contributed by atoms with Gasteiger partial charge in [-0.3, -0.25) is 0 Å². The molecule has 3 N–H and O–H groups in total. The first kappa shape index (κ1) is 24.4. The van der Waals surface area contributed by atoms with Crippen LogP contribution in [0.15, 0.2) is 103 Å². The van der Waals surface area contributed by atoms with Gasteiger partial charge in [0.25, 0.3) is 0 Å². The number of para-hydroxylation sites is 1. The lowest BCUT2D eigenvalue weighted by Crippen LogP contribution is -2.31. The Morgan fingerprint density at radius 2 is 1.56 bits per heavy atom. The minimum Gasteiger partial charge on any atom is -0.465 e. The third kappa shape index (κ3) is 5.25. The van der Waals surface area contributed by atoms with Crippen LogP contribution >= 0.6 is 0 Å². The van der Waals surface area contributed by atoms with E-state index in [1.807, 2.05) is 60.8 Å². The monoisotopic (exact) mass is 515 g/mol. The quantitative estimate of drug-likeness (QED) is 0.211. The number of hydrogen-bond donors (Lipinski definition) is 3. The summed E-state index contributed by atoms with van der Waals surface area (Å²) in [6.07, 6.45) is 2.80. The van der Waals surface area contributed by atoms with Gasteiger partial charge in [-0.1, -0.05) is 91.0 Å². The SMILES string of the molecule is O=C(O)N[C@H](Cc1c[nH]c2ccccc12)c1nnc(CCc2ccccc2)n1Cc1cccc2ccccc12. The minimum atomic E-state index is -1.09. The van der Waals surface area contributed by atoms with Crippen LogP contribution in [0.1, 0.15) is 34.4 Å². The summed E-state index contributed by atoms with van der Waals surface area (Å²) in [5.74, 6) is 1.44. The van der Waals surface area contributed by atoms with Crippen molar-refractivity contribution >= 4 is 27.8 Å². The fraction of sp³-hybridized carbons (Fsp3) is 0.156. The number of benzene rings is 4. The molecule has 0 aliphatic carbocycles. The summed E-state index contributed by atoms with van der Waals surface area (Å²) in [5, 5.41) is 25.1. The molecule has 0 radical (unpaired) electrons. The second kappa shape index (κ2) is 10.8. The lowest BCUT2D eigenvalue weighted by molar-refractivity contribution is 0.189. The minimum absolute atomic E-state index is 0.447. The van der Waals surface area contributed by atoms with Crippen molar-refractivity contribution in [1.82, 2.24) is 25.1 Å². The van der Waals surface area contributed by atoms with Gasteiger partial charge in [-0.25, -0.2) is 4.79 Å². The molecule has 0 saturated carbocycles. The first-order valence-corrected chi connectivity index (χ1v) is 13.1. The maximum absolute atomic E-state index is 12.0. The number of nitrogens with one attached hydrogen (secondary N) is 2. The number of H-pyrrole nitrogens is 1. The predicted octanol–water partition coefficient (Wildman–Crippen LogP) is 6.30. The fourth-order valence-corrected chi connectivity index (χ4v) is 5.34. The molecule has 0 bridgehead atoms. The topological polar surface area (TPSA) is 95.8 Å². The lowest BCUT2D eigenvalue weighted by Gasteiger charge is -2.19. The zero-order valence-corrected chi connectivity index (χ0v) is 21.4. The molecule has 1 atom stereocenters. The molecule has 39 heavy (non-hydrogen) atoms. The summed E-state index contributed by atoms with van der Waals surface area (Å²) in [5.41, 5.74) is 4.39. The van der Waals surface area contributed by atoms with Gasteiger partial charge in [0, 0.05) is 29.9 Å². The normalized spacial score (nSPS) is 12.1. The number of aromatic nitrogens is 4. The number of carboxylic acid groups (broad SMARTS) is 1. The number of carbonyl (C=O) groups is 1. The van der Waals surface area contributed by atoms with E-state index in [1.165, 1.54) is 5.56 Å². The molecular weight excluding hydrogens is 486 g/mol. The van der Waals surface area contributed by atoms with Crippen LogP contribution in [0.4, 0.5) is 4.79 Å². The van der Waals surface area contributed by atoms with Crippen molar-refractivity contribution in [3.8, 4) is 0 Å². The van der Waals surface area contributed by atoms with E-state index in [2.05, 4.69) is 67.5 Å². The summed E-state index contributed by atoms with van der Waals surface area (Å²) >= 11 is 0. The molecule has 1 amide bonds. The van der Waals surface area contributed by atoms with Crippen molar-refractivity contribution in [2.75, 3.05) is 0 Å². The Kier molecular flexibility index (Phi) is 6.78. The Labute approximate surface area is 226 Å². The van der Waals surface area contributed by atoms with Gasteiger partial charge in [0.1, 0.15) is 5.82 Å². The van der Waals surface area contributed by atoms with Crippen LogP contribution in [0, 0.1) is 0 Å². The van der Waals surface area contributed by atoms with E-state index in [1.54, 1.807) is 0 Å². The van der Waals surface area contributed by atoms with Gasteiger partial charge in [-0.05, 0) is 39.9 Å². The standard InChI is InChI=1S/C32H29N5O2/c38-32(39)34-29(19-25-20-33-28-16-7-6-15-27(25)28)31-36-35-30(18-17-22-9-2-1-3-10-22)37(31)21-24-13-8-12-23-11-4-5-14-26(23)24/h1-16,20,29,33-34H,17-19,21H2,(H,38,39)/t29-/m1/s1. The zero-order valence-electron chi connectivity index (χ0n) is 21.4. The van der Waals surface area contributed by atoms with Gasteiger partial charge in [-0.15, -0.1) is 10.2 Å². The van der Waals surface area contributed by atoms with Crippen molar-refractivity contribution in [1.29, 1.82) is 0 Å². The van der Waals surface area contributed by atoms with Crippen LogP contribution in [-0.4, -0.2) is 30.9 Å². The van der Waals surface area contributed by atoms with Gasteiger partial charge in [0.15, 0.2) is 5.82 Å². The van der Waals surface area contributed by atoms with Crippen molar-refractivity contribution in [2.24, 2.45) is 0 Å². The average molecular weight is 516 g/mol. The highest BCUT2D eigenvalue weighted by molar-refractivity contribution is 5.85. The molecule has 0 aliphatic rings. The van der Waals surface area contributed by atoms with E-state index in [-0.39, 0.29) is 0 Å². The van der Waals surface area contributed by atoms with E-state index >= 15 is 0 Å². The highest BCUT2D eigenvalue weighted by Crippen LogP contribution is 2.27. The van der Waals surface area contributed by atoms with E-state index in [0.29, 0.717) is 25.2 Å². The molecule has 6 aromatic rings. The fourth-order valence-electron chi connectivity index (χ4n) is 5.34. The van der Waals surface area contributed by atoms with Crippen molar-refractivity contribution < 1.29 is 9.90 Å². The Morgan fingerprint density at radius 3 is 2.41 bits per heavy atom. The number of aromatic amines is 1. The number of amides is 1. The maximum atomic E-state index is 12.0. The number of nitrogens with zero attached hydrogens (tertiary/aromatic N) is 3. The summed E-state index contributed by atoms with van der Waals surface area (Å²) in [4.78, 5) is 15.3. The van der Waals surface area contributed by atoms with Crippen LogP contribution in [0.25, 0.3) is 21.7 Å². The average Bonchev–Trinajstić information content (AvgIpc) is 3.56. The summed E-state index contributed by atoms with van der Waals surface area (Å²) in [7, 11) is 0. The highest BCUT2D eigenvalue weighted by atomic mass is 16.4. The molecule has 0 fully saturated rings. The Bertz CT molecular complexity index is 1730. The van der Waals surface area contributed by atoms with Crippen LogP contribution in [0.2, 0.25) is 0 Å². The van der Waals surface area contributed by atoms with Crippen LogP contribution in [-0.2, 0) is 25.8 Å². The molecule has 194 valence electrons. The second-order valence-corrected chi connectivity index (χ2v) is 9.75. The van der Waals surface area contributed by atoms with Gasteiger partial charge in [-0.2, -0.15) is 0 Å². The van der Waals surface area contributed by atoms with Crippen molar-refractivity contribution in [2.45, 2.75) is 31.8 Å². The second-order valence-electron chi connectivity index (χ2n) is 9.75. The van der Waals surface area contributed by atoms with Crippen molar-refractivity contribution in [3.63, 3.8) is 0 Å². The first-order valence-electron chi connectivity index (χ1n) is 13.1. The molecule has 0 saturated heterocycles. The zero-order chi connectivity index (χ0) is 26.6. The molecule has 0 unspecified atom stereocenters. The lowest BCUT2D eigenvalue weighted by atomic mass is 10.0. The number of rotatable bonds is 9.